The van der Waals surface area contributed by atoms with Gasteiger partial charge in [-0.3, -0.25) is 9.48 Å². The molecule has 0 spiro atoms. The van der Waals surface area contributed by atoms with Crippen LogP contribution in [0.15, 0.2) is 12.1 Å². The molecule has 2 aliphatic rings. The zero-order valence-corrected chi connectivity index (χ0v) is 18.8. The Bertz CT molecular complexity index is 1190. The van der Waals surface area contributed by atoms with Crippen LogP contribution < -0.4 is 10.6 Å². The van der Waals surface area contributed by atoms with E-state index in [1.807, 2.05) is 0 Å². The van der Waals surface area contributed by atoms with Crippen molar-refractivity contribution in [3.63, 3.8) is 0 Å². The summed E-state index contributed by atoms with van der Waals surface area (Å²) in [6.45, 7) is 0.825. The van der Waals surface area contributed by atoms with Gasteiger partial charge in [-0.25, -0.2) is 22.4 Å². The van der Waals surface area contributed by atoms with Gasteiger partial charge in [0.2, 0.25) is 0 Å². The number of nitrogens with one attached hydrogen (secondary N) is 2. The molecule has 0 radical (unpaired) electrons. The topological polar surface area (TPSA) is 106 Å². The lowest BCUT2D eigenvalue weighted by Gasteiger charge is -2.27. The summed E-state index contributed by atoms with van der Waals surface area (Å²) in [5.41, 5.74) is 0.434. The highest BCUT2D eigenvalue weighted by molar-refractivity contribution is 5.95. The first kappa shape index (κ1) is 24.5. The van der Waals surface area contributed by atoms with Crippen LogP contribution in [0.1, 0.15) is 27.3 Å². The normalized spacial score (nSPS) is 17.6. The van der Waals surface area contributed by atoms with E-state index in [1.165, 1.54) is 15.9 Å². The predicted octanol–water partition coefficient (Wildman–Crippen LogP) is 2.18. The molecule has 13 heteroatoms. The highest BCUT2D eigenvalue weighted by Gasteiger charge is 2.35. The Hall–Kier alpha value is -3.66. The minimum atomic E-state index is -2.47. The predicted molar refractivity (Wildman–Crippen MR) is 116 cm³/mol. The number of benzene rings is 1. The third-order valence-electron chi connectivity index (χ3n) is 6.08. The lowest BCUT2D eigenvalue weighted by Crippen LogP contribution is -2.40. The molecule has 2 aliphatic heterocycles. The Morgan fingerprint density at radius 2 is 2.09 bits per heavy atom. The Labute approximate surface area is 198 Å². The van der Waals surface area contributed by atoms with E-state index in [-0.39, 0.29) is 37.1 Å². The number of aromatic nitrogens is 2. The first-order valence-corrected chi connectivity index (χ1v) is 11.0. The second-order valence-electron chi connectivity index (χ2n) is 8.55. The van der Waals surface area contributed by atoms with Gasteiger partial charge in [-0.2, -0.15) is 10.4 Å². The maximum Gasteiger partial charge on any atom is 0.322 e. The van der Waals surface area contributed by atoms with Crippen molar-refractivity contribution < 1.29 is 27.2 Å². The number of nitrogens with zero attached hydrogens (tertiary/aromatic N) is 5. The summed E-state index contributed by atoms with van der Waals surface area (Å²) in [5.74, 6) is -2.62. The van der Waals surface area contributed by atoms with E-state index in [1.54, 1.807) is 11.7 Å². The third kappa shape index (κ3) is 4.93. The van der Waals surface area contributed by atoms with Crippen LogP contribution in [0.25, 0.3) is 0 Å². The molecule has 0 bridgehead atoms. The zero-order chi connectivity index (χ0) is 25.3. The molecule has 9 nitrogen and oxygen atoms in total. The molecule has 4 rings (SSSR count). The number of urea groups is 1. The Balaban J connectivity index is 1.52. The van der Waals surface area contributed by atoms with Crippen molar-refractivity contribution in [2.45, 2.75) is 25.9 Å². The molecule has 0 saturated heterocycles. The number of anilines is 1. The van der Waals surface area contributed by atoms with Crippen LogP contribution >= 0.6 is 0 Å². The van der Waals surface area contributed by atoms with Crippen molar-refractivity contribution in [2.75, 3.05) is 38.5 Å². The lowest BCUT2D eigenvalue weighted by atomic mass is 10.0. The molecule has 186 valence electrons. The molecular formula is C22H23F4N7O2. The fraction of sp³-hybridized carbons (Fsp3) is 0.455. The SMILES string of the molecule is CN1CC(CNCC(F)F)Cn2nc3c(c2C1=O)CN(C(=O)Nc1ccc(F)c(C#N)c1F)CC3. The number of carbonyl (C=O) groups is 2. The summed E-state index contributed by atoms with van der Waals surface area (Å²) in [5, 5.41) is 18.5. The fourth-order valence-electron chi connectivity index (χ4n) is 4.40. The van der Waals surface area contributed by atoms with Crippen molar-refractivity contribution in [1.82, 2.24) is 24.9 Å². The highest BCUT2D eigenvalue weighted by atomic mass is 19.3. The molecule has 2 N–H and O–H groups in total. The Morgan fingerprint density at radius 3 is 2.80 bits per heavy atom. The van der Waals surface area contributed by atoms with E-state index in [2.05, 4.69) is 15.7 Å². The van der Waals surface area contributed by atoms with Crippen LogP contribution in [-0.2, 0) is 19.5 Å². The first-order valence-electron chi connectivity index (χ1n) is 11.0. The molecule has 0 aliphatic carbocycles. The van der Waals surface area contributed by atoms with Crippen molar-refractivity contribution in [1.29, 1.82) is 5.26 Å². The van der Waals surface area contributed by atoms with E-state index >= 15 is 0 Å². The van der Waals surface area contributed by atoms with E-state index in [0.717, 1.165) is 12.1 Å². The van der Waals surface area contributed by atoms with Crippen LogP contribution in [0, 0.1) is 28.9 Å². The minimum Gasteiger partial charge on any atom is -0.340 e. The van der Waals surface area contributed by atoms with E-state index in [4.69, 9.17) is 5.26 Å². The Morgan fingerprint density at radius 1 is 1.31 bits per heavy atom. The summed E-state index contributed by atoms with van der Waals surface area (Å²) in [6.07, 6.45) is -2.12. The summed E-state index contributed by atoms with van der Waals surface area (Å²) in [4.78, 5) is 28.8. The summed E-state index contributed by atoms with van der Waals surface area (Å²) in [6, 6.07) is 2.68. The molecule has 0 saturated carbocycles. The van der Waals surface area contributed by atoms with Gasteiger partial charge in [0.05, 0.1) is 24.5 Å². The number of hydrogen-bond acceptors (Lipinski definition) is 5. The first-order chi connectivity index (χ1) is 16.7. The molecule has 1 atom stereocenters. The second-order valence-corrected chi connectivity index (χ2v) is 8.55. The average Bonchev–Trinajstić information content (AvgIpc) is 3.11. The maximum absolute atomic E-state index is 14.4. The van der Waals surface area contributed by atoms with Crippen LogP contribution in [-0.4, -0.2) is 71.2 Å². The van der Waals surface area contributed by atoms with Crippen molar-refractivity contribution in [2.24, 2.45) is 5.92 Å². The quantitative estimate of drug-likeness (QED) is 0.622. The summed E-state index contributed by atoms with van der Waals surface area (Å²) >= 11 is 0. The van der Waals surface area contributed by atoms with Crippen LogP contribution in [0.3, 0.4) is 0 Å². The molecule has 1 aromatic heterocycles. The zero-order valence-electron chi connectivity index (χ0n) is 18.8. The number of halogens is 4. The van der Waals surface area contributed by atoms with Gasteiger partial charge in [-0.1, -0.05) is 0 Å². The van der Waals surface area contributed by atoms with Gasteiger partial charge in [-0.05, 0) is 12.1 Å². The largest absolute Gasteiger partial charge is 0.340 e. The standard InChI is InChI=1S/C22H23F4N7O2/c1-31-9-12(7-28-8-18(24)25)10-33-20(21(31)34)14-11-32(5-4-16(14)30-33)22(35)29-17-3-2-15(23)13(6-27)19(17)26/h2-3,12,18,28H,4-5,7-11H2,1H3,(H,29,35). The molecular weight excluding hydrogens is 470 g/mol. The van der Waals surface area contributed by atoms with Crippen LogP contribution in [0.4, 0.5) is 28.0 Å². The third-order valence-corrected chi connectivity index (χ3v) is 6.08. The summed E-state index contributed by atoms with van der Waals surface area (Å²) < 4.78 is 54.5. The van der Waals surface area contributed by atoms with E-state index in [9.17, 15) is 27.2 Å². The minimum absolute atomic E-state index is 0.0400. The van der Waals surface area contributed by atoms with Gasteiger partial charge in [0.25, 0.3) is 12.3 Å². The number of fused-ring (bicyclic) bond motifs is 3. The van der Waals surface area contributed by atoms with Gasteiger partial charge in [0.15, 0.2) is 5.82 Å². The fourth-order valence-corrected chi connectivity index (χ4v) is 4.40. The van der Waals surface area contributed by atoms with Crippen LogP contribution in [0.5, 0.6) is 0 Å². The van der Waals surface area contributed by atoms with E-state index < -0.39 is 36.2 Å². The number of rotatable bonds is 5. The van der Waals surface area contributed by atoms with Gasteiger partial charge in [0, 0.05) is 51.1 Å². The molecule has 0 fully saturated rings. The van der Waals surface area contributed by atoms with Gasteiger partial charge in [0.1, 0.15) is 23.1 Å². The second kappa shape index (κ2) is 9.91. The number of amides is 3. The van der Waals surface area contributed by atoms with Crippen molar-refractivity contribution in [3.05, 3.63) is 46.3 Å². The van der Waals surface area contributed by atoms with Crippen molar-refractivity contribution in [3.8, 4) is 6.07 Å². The lowest BCUT2D eigenvalue weighted by molar-refractivity contribution is 0.0776. The summed E-state index contributed by atoms with van der Waals surface area (Å²) in [7, 11) is 1.62. The number of carbonyl (C=O) groups excluding carboxylic acids is 2. The molecule has 1 unspecified atom stereocenters. The number of hydrogen-bond donors (Lipinski definition) is 2. The highest BCUT2D eigenvalue weighted by Crippen LogP contribution is 2.27. The molecule has 2 aromatic rings. The number of alkyl halides is 2. The maximum atomic E-state index is 14.4. The van der Waals surface area contributed by atoms with Crippen molar-refractivity contribution >= 4 is 17.6 Å². The average molecular weight is 493 g/mol. The molecule has 3 heterocycles. The van der Waals surface area contributed by atoms with Gasteiger partial charge >= 0.3 is 6.03 Å². The van der Waals surface area contributed by atoms with E-state index in [0.29, 0.717) is 36.5 Å². The van der Waals surface area contributed by atoms with Crippen LogP contribution in [0.2, 0.25) is 0 Å². The molecule has 35 heavy (non-hydrogen) atoms. The smallest absolute Gasteiger partial charge is 0.322 e. The van der Waals surface area contributed by atoms with Gasteiger partial charge < -0.3 is 20.4 Å². The monoisotopic (exact) mass is 493 g/mol. The number of nitriles is 1. The molecule has 1 aromatic carbocycles. The molecule has 3 amide bonds. The van der Waals surface area contributed by atoms with Gasteiger partial charge in [-0.15, -0.1) is 0 Å². The Kier molecular flexibility index (Phi) is 6.93.